The van der Waals surface area contributed by atoms with Crippen molar-refractivity contribution in [1.82, 2.24) is 4.90 Å². The molecule has 0 fully saturated rings. The number of Topliss-reactive ketones (excluding diaryl/α,β-unsaturated/α-hetero) is 1. The number of hydrogen-bond acceptors (Lipinski definition) is 3. The van der Waals surface area contributed by atoms with Crippen molar-refractivity contribution in [3.63, 3.8) is 0 Å². The van der Waals surface area contributed by atoms with Crippen LogP contribution in [-0.2, 0) is 4.74 Å². The molecule has 23 heavy (non-hydrogen) atoms. The standard InChI is InChI=1S/C20H25NO2/c1-3-21(4-2)15-16-23-20(18-13-9-6-10-14-18)19(22)17-11-7-5-8-12-17/h5-14,20H,3-4,15-16H2,1-2H3. The van der Waals surface area contributed by atoms with Gasteiger partial charge in [-0.15, -0.1) is 0 Å². The van der Waals surface area contributed by atoms with Crippen molar-refractivity contribution in [1.29, 1.82) is 0 Å². The zero-order valence-corrected chi connectivity index (χ0v) is 13.9. The Hall–Kier alpha value is -1.97. The second-order valence-electron chi connectivity index (χ2n) is 5.42. The molecule has 1 atom stereocenters. The van der Waals surface area contributed by atoms with Gasteiger partial charge in [-0.25, -0.2) is 0 Å². The first kappa shape index (κ1) is 17.4. The highest BCUT2D eigenvalue weighted by atomic mass is 16.5. The van der Waals surface area contributed by atoms with Gasteiger partial charge in [0.2, 0.25) is 0 Å². The normalized spacial score (nSPS) is 12.3. The summed E-state index contributed by atoms with van der Waals surface area (Å²) in [5.74, 6) is 0.0105. The van der Waals surface area contributed by atoms with Crippen molar-refractivity contribution in [2.75, 3.05) is 26.2 Å². The third-order valence-corrected chi connectivity index (χ3v) is 3.99. The monoisotopic (exact) mass is 311 g/mol. The van der Waals surface area contributed by atoms with Gasteiger partial charge in [-0.3, -0.25) is 4.79 Å². The summed E-state index contributed by atoms with van der Waals surface area (Å²) in [4.78, 5) is 15.1. The predicted molar refractivity (Wildman–Crippen MR) is 93.7 cm³/mol. The fourth-order valence-electron chi connectivity index (χ4n) is 2.54. The van der Waals surface area contributed by atoms with Gasteiger partial charge in [0, 0.05) is 12.1 Å². The van der Waals surface area contributed by atoms with E-state index in [2.05, 4.69) is 18.7 Å². The molecule has 0 aliphatic rings. The highest BCUT2D eigenvalue weighted by molar-refractivity contribution is 6.00. The molecule has 3 nitrogen and oxygen atoms in total. The van der Waals surface area contributed by atoms with E-state index in [1.165, 1.54) is 0 Å². The molecule has 0 aromatic heterocycles. The third kappa shape index (κ3) is 5.02. The lowest BCUT2D eigenvalue weighted by atomic mass is 10.00. The number of ketones is 1. The van der Waals surface area contributed by atoms with Crippen LogP contribution in [0.4, 0.5) is 0 Å². The van der Waals surface area contributed by atoms with Crippen LogP contribution in [0.2, 0.25) is 0 Å². The Bertz CT molecular complexity index is 579. The summed E-state index contributed by atoms with van der Waals surface area (Å²) in [6, 6.07) is 19.1. The summed E-state index contributed by atoms with van der Waals surface area (Å²) < 4.78 is 5.99. The molecule has 0 spiro atoms. The molecule has 0 bridgehead atoms. The number of benzene rings is 2. The van der Waals surface area contributed by atoms with Crippen molar-refractivity contribution >= 4 is 5.78 Å². The molecular weight excluding hydrogens is 286 g/mol. The minimum Gasteiger partial charge on any atom is -0.364 e. The highest BCUT2D eigenvalue weighted by Crippen LogP contribution is 2.22. The molecule has 0 amide bonds. The second kappa shape index (κ2) is 9.23. The van der Waals surface area contributed by atoms with Crippen LogP contribution < -0.4 is 0 Å². The lowest BCUT2D eigenvalue weighted by molar-refractivity contribution is 0.0327. The number of likely N-dealkylation sites (N-methyl/N-ethyl adjacent to an activating group) is 1. The van der Waals surface area contributed by atoms with Crippen LogP contribution in [0.15, 0.2) is 60.7 Å². The van der Waals surface area contributed by atoms with Crippen LogP contribution in [0.25, 0.3) is 0 Å². The van der Waals surface area contributed by atoms with Gasteiger partial charge in [-0.05, 0) is 18.7 Å². The molecule has 0 aliphatic carbocycles. The maximum absolute atomic E-state index is 12.8. The first-order valence-electron chi connectivity index (χ1n) is 8.24. The van der Waals surface area contributed by atoms with E-state index in [9.17, 15) is 4.79 Å². The van der Waals surface area contributed by atoms with E-state index < -0.39 is 6.10 Å². The molecule has 122 valence electrons. The molecule has 2 rings (SSSR count). The summed E-state index contributed by atoms with van der Waals surface area (Å²) in [6.07, 6.45) is -0.547. The quantitative estimate of drug-likeness (QED) is 0.656. The largest absolute Gasteiger partial charge is 0.364 e. The lowest BCUT2D eigenvalue weighted by Crippen LogP contribution is -2.28. The summed E-state index contributed by atoms with van der Waals surface area (Å²) in [5.41, 5.74) is 1.59. The van der Waals surface area contributed by atoms with E-state index >= 15 is 0 Å². The van der Waals surface area contributed by atoms with E-state index in [4.69, 9.17) is 4.74 Å². The van der Waals surface area contributed by atoms with Gasteiger partial charge >= 0.3 is 0 Å². The van der Waals surface area contributed by atoms with Crippen molar-refractivity contribution < 1.29 is 9.53 Å². The van der Waals surface area contributed by atoms with E-state index in [-0.39, 0.29) is 5.78 Å². The molecule has 0 radical (unpaired) electrons. The molecule has 3 heteroatoms. The number of carbonyl (C=O) groups excluding carboxylic acids is 1. The zero-order chi connectivity index (χ0) is 16.5. The summed E-state index contributed by atoms with van der Waals surface area (Å²) in [7, 11) is 0. The number of carbonyl (C=O) groups is 1. The first-order valence-corrected chi connectivity index (χ1v) is 8.24. The topological polar surface area (TPSA) is 29.5 Å². The van der Waals surface area contributed by atoms with E-state index in [1.54, 1.807) is 0 Å². The number of hydrogen-bond donors (Lipinski definition) is 0. The summed E-state index contributed by atoms with van der Waals surface area (Å²) in [6.45, 7) is 7.61. The first-order chi connectivity index (χ1) is 11.3. The molecule has 0 heterocycles. The summed E-state index contributed by atoms with van der Waals surface area (Å²) in [5, 5.41) is 0. The minimum atomic E-state index is -0.547. The molecule has 2 aromatic rings. The molecule has 2 aromatic carbocycles. The SMILES string of the molecule is CCN(CC)CCOC(C(=O)c1ccccc1)c1ccccc1. The Labute approximate surface area is 138 Å². The smallest absolute Gasteiger partial charge is 0.196 e. The van der Waals surface area contributed by atoms with E-state index in [0.717, 1.165) is 25.2 Å². The molecule has 0 saturated carbocycles. The van der Waals surface area contributed by atoms with Crippen LogP contribution in [0, 0.1) is 0 Å². The van der Waals surface area contributed by atoms with Crippen molar-refractivity contribution in [2.24, 2.45) is 0 Å². The van der Waals surface area contributed by atoms with Crippen LogP contribution in [0.3, 0.4) is 0 Å². The molecule has 0 N–H and O–H groups in total. The van der Waals surface area contributed by atoms with E-state index in [0.29, 0.717) is 12.2 Å². The maximum atomic E-state index is 12.8. The van der Waals surface area contributed by atoms with Crippen molar-refractivity contribution in [3.05, 3.63) is 71.8 Å². The third-order valence-electron chi connectivity index (χ3n) is 3.99. The minimum absolute atomic E-state index is 0.0105. The Morgan fingerprint density at radius 1 is 0.957 bits per heavy atom. The van der Waals surface area contributed by atoms with Gasteiger partial charge < -0.3 is 9.64 Å². The predicted octanol–water partition coefficient (Wildman–Crippen LogP) is 3.97. The Morgan fingerprint density at radius 2 is 1.52 bits per heavy atom. The van der Waals surface area contributed by atoms with Gasteiger partial charge in [0.1, 0.15) is 6.10 Å². The van der Waals surface area contributed by atoms with Crippen LogP contribution in [0.1, 0.15) is 35.9 Å². The van der Waals surface area contributed by atoms with Crippen LogP contribution in [0.5, 0.6) is 0 Å². The Kier molecular flexibility index (Phi) is 6.98. The Morgan fingerprint density at radius 3 is 2.09 bits per heavy atom. The summed E-state index contributed by atoms with van der Waals surface area (Å²) >= 11 is 0. The van der Waals surface area contributed by atoms with Gasteiger partial charge in [0.25, 0.3) is 0 Å². The number of nitrogens with zero attached hydrogens (tertiary/aromatic N) is 1. The van der Waals surface area contributed by atoms with Gasteiger partial charge in [-0.1, -0.05) is 74.5 Å². The molecule has 0 saturated heterocycles. The molecule has 0 aliphatic heterocycles. The number of ether oxygens (including phenoxy) is 1. The van der Waals surface area contributed by atoms with E-state index in [1.807, 2.05) is 60.7 Å². The highest BCUT2D eigenvalue weighted by Gasteiger charge is 2.22. The Balaban J connectivity index is 2.11. The zero-order valence-electron chi connectivity index (χ0n) is 13.9. The second-order valence-corrected chi connectivity index (χ2v) is 5.42. The fourth-order valence-corrected chi connectivity index (χ4v) is 2.54. The number of rotatable bonds is 9. The maximum Gasteiger partial charge on any atom is 0.196 e. The van der Waals surface area contributed by atoms with Crippen molar-refractivity contribution in [2.45, 2.75) is 20.0 Å². The lowest BCUT2D eigenvalue weighted by Gasteiger charge is -2.21. The van der Waals surface area contributed by atoms with Crippen LogP contribution >= 0.6 is 0 Å². The van der Waals surface area contributed by atoms with Gasteiger partial charge in [0.15, 0.2) is 5.78 Å². The van der Waals surface area contributed by atoms with Crippen LogP contribution in [-0.4, -0.2) is 36.9 Å². The molecular formula is C20H25NO2. The average molecular weight is 311 g/mol. The average Bonchev–Trinajstić information content (AvgIpc) is 2.63. The van der Waals surface area contributed by atoms with Crippen molar-refractivity contribution in [3.8, 4) is 0 Å². The fraction of sp³-hybridized carbons (Fsp3) is 0.350. The van der Waals surface area contributed by atoms with Gasteiger partial charge in [0.05, 0.1) is 6.61 Å². The van der Waals surface area contributed by atoms with Gasteiger partial charge in [-0.2, -0.15) is 0 Å². The molecule has 1 unspecified atom stereocenters.